The summed E-state index contributed by atoms with van der Waals surface area (Å²) >= 11 is 0. The molecule has 1 aliphatic heterocycles. The van der Waals surface area contributed by atoms with Gasteiger partial charge in [-0.05, 0) is 37.1 Å². The molecule has 0 aromatic heterocycles. The summed E-state index contributed by atoms with van der Waals surface area (Å²) in [6, 6.07) is 7.19. The molecule has 1 fully saturated rings. The average Bonchev–Trinajstić information content (AvgIpc) is 2.52. The maximum Gasteiger partial charge on any atom is 0.303 e. The molecule has 1 saturated heterocycles. The van der Waals surface area contributed by atoms with Gasteiger partial charge < -0.3 is 14.9 Å². The highest BCUT2D eigenvalue weighted by molar-refractivity contribution is 5.96. The number of carboxylic acid groups (broad SMARTS) is 1. The van der Waals surface area contributed by atoms with E-state index in [4.69, 9.17) is 5.11 Å². The third-order valence-electron chi connectivity index (χ3n) is 3.80. The maximum absolute atomic E-state index is 11.9. The van der Waals surface area contributed by atoms with E-state index in [9.17, 15) is 14.4 Å². The largest absolute Gasteiger partial charge is 0.481 e. The second kappa shape index (κ2) is 7.06. The van der Waals surface area contributed by atoms with Gasteiger partial charge in [0.15, 0.2) is 0 Å². The SMILES string of the molecule is CN(C(=O)CCC(=O)O)c1ccc(N2CCCCC2=O)cc1. The van der Waals surface area contributed by atoms with Crippen molar-refractivity contribution in [1.29, 1.82) is 0 Å². The molecule has 6 nitrogen and oxygen atoms in total. The summed E-state index contributed by atoms with van der Waals surface area (Å²) in [7, 11) is 1.62. The van der Waals surface area contributed by atoms with E-state index < -0.39 is 5.97 Å². The normalized spacial score (nSPS) is 14.8. The lowest BCUT2D eigenvalue weighted by Gasteiger charge is -2.27. The Labute approximate surface area is 129 Å². The second-order valence-electron chi connectivity index (χ2n) is 5.37. The Hall–Kier alpha value is -2.37. The van der Waals surface area contributed by atoms with Crippen molar-refractivity contribution in [3.05, 3.63) is 24.3 Å². The van der Waals surface area contributed by atoms with Crippen molar-refractivity contribution in [3.63, 3.8) is 0 Å². The number of carbonyl (C=O) groups excluding carboxylic acids is 2. The van der Waals surface area contributed by atoms with Gasteiger partial charge in [-0.25, -0.2) is 0 Å². The van der Waals surface area contributed by atoms with Crippen LogP contribution >= 0.6 is 0 Å². The molecular weight excluding hydrogens is 284 g/mol. The Morgan fingerprint density at radius 3 is 2.45 bits per heavy atom. The first kappa shape index (κ1) is 16.0. The Morgan fingerprint density at radius 2 is 1.86 bits per heavy atom. The van der Waals surface area contributed by atoms with E-state index in [1.807, 2.05) is 12.1 Å². The monoisotopic (exact) mass is 304 g/mol. The molecule has 1 aromatic carbocycles. The molecule has 0 atom stereocenters. The van der Waals surface area contributed by atoms with Crippen LogP contribution in [0.1, 0.15) is 32.1 Å². The Bertz CT molecular complexity index is 568. The first-order valence-corrected chi connectivity index (χ1v) is 7.38. The summed E-state index contributed by atoms with van der Waals surface area (Å²) in [6.45, 7) is 0.728. The van der Waals surface area contributed by atoms with E-state index in [0.717, 1.165) is 25.1 Å². The van der Waals surface area contributed by atoms with Crippen molar-refractivity contribution in [1.82, 2.24) is 0 Å². The minimum atomic E-state index is -0.985. The minimum Gasteiger partial charge on any atom is -0.481 e. The number of nitrogens with zero attached hydrogens (tertiary/aromatic N) is 2. The van der Waals surface area contributed by atoms with Crippen LogP contribution in [0, 0.1) is 0 Å². The van der Waals surface area contributed by atoms with Gasteiger partial charge in [0.1, 0.15) is 0 Å². The van der Waals surface area contributed by atoms with E-state index in [-0.39, 0.29) is 24.7 Å². The van der Waals surface area contributed by atoms with E-state index in [1.165, 1.54) is 4.90 Å². The zero-order valence-electron chi connectivity index (χ0n) is 12.6. The lowest BCUT2D eigenvalue weighted by molar-refractivity contribution is -0.138. The molecule has 2 amide bonds. The van der Waals surface area contributed by atoms with Gasteiger partial charge in [-0.1, -0.05) is 0 Å². The first-order valence-electron chi connectivity index (χ1n) is 7.38. The number of benzene rings is 1. The molecule has 0 saturated carbocycles. The van der Waals surface area contributed by atoms with Crippen molar-refractivity contribution >= 4 is 29.2 Å². The topological polar surface area (TPSA) is 77.9 Å². The van der Waals surface area contributed by atoms with Crippen molar-refractivity contribution in [2.75, 3.05) is 23.4 Å². The van der Waals surface area contributed by atoms with E-state index in [2.05, 4.69) is 0 Å². The maximum atomic E-state index is 11.9. The molecular formula is C16H20N2O4. The molecule has 0 radical (unpaired) electrons. The van der Waals surface area contributed by atoms with Gasteiger partial charge in [-0.15, -0.1) is 0 Å². The molecule has 1 aromatic rings. The number of carbonyl (C=O) groups is 3. The van der Waals surface area contributed by atoms with Crippen LogP contribution in [0.4, 0.5) is 11.4 Å². The van der Waals surface area contributed by atoms with Gasteiger partial charge in [0.25, 0.3) is 0 Å². The van der Waals surface area contributed by atoms with Crippen molar-refractivity contribution in [3.8, 4) is 0 Å². The summed E-state index contributed by atoms with van der Waals surface area (Å²) in [5, 5.41) is 8.61. The number of carboxylic acids is 1. The third kappa shape index (κ3) is 3.84. The van der Waals surface area contributed by atoms with Crippen LogP contribution < -0.4 is 9.80 Å². The van der Waals surface area contributed by atoms with E-state index in [0.29, 0.717) is 12.1 Å². The highest BCUT2D eigenvalue weighted by Gasteiger charge is 2.20. The van der Waals surface area contributed by atoms with Crippen molar-refractivity contribution in [2.45, 2.75) is 32.1 Å². The molecule has 0 unspecified atom stereocenters. The van der Waals surface area contributed by atoms with Gasteiger partial charge in [0, 0.05) is 37.8 Å². The van der Waals surface area contributed by atoms with Gasteiger partial charge in [0.05, 0.1) is 6.42 Å². The molecule has 22 heavy (non-hydrogen) atoms. The van der Waals surface area contributed by atoms with Crippen molar-refractivity contribution in [2.24, 2.45) is 0 Å². The van der Waals surface area contributed by atoms with Crippen LogP contribution in [-0.4, -0.2) is 36.5 Å². The molecule has 0 aliphatic carbocycles. The fourth-order valence-corrected chi connectivity index (χ4v) is 2.46. The summed E-state index contributed by atoms with van der Waals surface area (Å²) in [5.41, 5.74) is 1.52. The number of aliphatic carboxylic acids is 1. The zero-order valence-corrected chi connectivity index (χ0v) is 12.6. The average molecular weight is 304 g/mol. The van der Waals surface area contributed by atoms with Gasteiger partial charge in [0.2, 0.25) is 11.8 Å². The Balaban J connectivity index is 2.03. The first-order chi connectivity index (χ1) is 10.5. The Morgan fingerprint density at radius 1 is 1.18 bits per heavy atom. The molecule has 0 spiro atoms. The summed E-state index contributed by atoms with van der Waals surface area (Å²) in [4.78, 5) is 37.5. The predicted octanol–water partition coefficient (Wildman–Crippen LogP) is 2.03. The number of rotatable bonds is 5. The van der Waals surface area contributed by atoms with Crippen LogP contribution in [0.5, 0.6) is 0 Å². The number of amides is 2. The van der Waals surface area contributed by atoms with Crippen LogP contribution in [-0.2, 0) is 14.4 Å². The molecule has 0 bridgehead atoms. The number of piperidine rings is 1. The number of hydrogen-bond donors (Lipinski definition) is 1. The fraction of sp³-hybridized carbons (Fsp3) is 0.438. The summed E-state index contributed by atoms with van der Waals surface area (Å²) < 4.78 is 0. The standard InChI is InChI=1S/C16H20N2O4/c1-17(14(19)9-10-16(21)22)12-5-7-13(8-6-12)18-11-3-2-4-15(18)20/h5-8H,2-4,9-11H2,1H3,(H,21,22). The van der Waals surface area contributed by atoms with Gasteiger partial charge in [-0.2, -0.15) is 0 Å². The Kier molecular flexibility index (Phi) is 5.14. The smallest absolute Gasteiger partial charge is 0.303 e. The number of anilines is 2. The quantitative estimate of drug-likeness (QED) is 0.903. The van der Waals surface area contributed by atoms with Crippen molar-refractivity contribution < 1.29 is 19.5 Å². The van der Waals surface area contributed by atoms with Crippen LogP contribution in [0.3, 0.4) is 0 Å². The van der Waals surface area contributed by atoms with Gasteiger partial charge in [-0.3, -0.25) is 14.4 Å². The minimum absolute atomic E-state index is 0.0296. The third-order valence-corrected chi connectivity index (χ3v) is 3.80. The zero-order chi connectivity index (χ0) is 16.1. The van der Waals surface area contributed by atoms with Gasteiger partial charge >= 0.3 is 5.97 Å². The molecule has 1 N–H and O–H groups in total. The fourth-order valence-electron chi connectivity index (χ4n) is 2.46. The molecule has 118 valence electrons. The molecule has 2 rings (SSSR count). The van der Waals surface area contributed by atoms with Crippen LogP contribution in [0.2, 0.25) is 0 Å². The lowest BCUT2D eigenvalue weighted by atomic mass is 10.1. The predicted molar refractivity (Wildman–Crippen MR) is 82.9 cm³/mol. The lowest BCUT2D eigenvalue weighted by Crippen LogP contribution is -2.35. The van der Waals surface area contributed by atoms with Crippen LogP contribution in [0.15, 0.2) is 24.3 Å². The summed E-state index contributed by atoms with van der Waals surface area (Å²) in [5.74, 6) is -1.10. The van der Waals surface area contributed by atoms with E-state index in [1.54, 1.807) is 24.1 Å². The number of hydrogen-bond acceptors (Lipinski definition) is 3. The molecule has 1 aliphatic rings. The summed E-state index contributed by atoms with van der Waals surface area (Å²) in [6.07, 6.45) is 2.31. The highest BCUT2D eigenvalue weighted by Crippen LogP contribution is 2.24. The molecule has 1 heterocycles. The second-order valence-corrected chi connectivity index (χ2v) is 5.37. The van der Waals surface area contributed by atoms with Crippen LogP contribution in [0.25, 0.3) is 0 Å². The van der Waals surface area contributed by atoms with E-state index >= 15 is 0 Å². The highest BCUT2D eigenvalue weighted by atomic mass is 16.4. The molecule has 6 heteroatoms.